The van der Waals surface area contributed by atoms with Crippen molar-refractivity contribution in [2.45, 2.75) is 45.8 Å². The van der Waals surface area contributed by atoms with Crippen molar-refractivity contribution in [3.05, 3.63) is 42.0 Å². The number of hydrogen-bond donors (Lipinski definition) is 0. The van der Waals surface area contributed by atoms with Gasteiger partial charge in [-0.15, -0.1) is 0 Å². The highest BCUT2D eigenvalue weighted by atomic mass is 16.5. The second kappa shape index (κ2) is 7.74. The van der Waals surface area contributed by atoms with E-state index in [1.807, 2.05) is 24.1 Å². The fraction of sp³-hybridized carbons (Fsp3) is 0.556. The number of aromatic nitrogens is 4. The summed E-state index contributed by atoms with van der Waals surface area (Å²) in [6.45, 7) is 8.42. The first-order chi connectivity index (χ1) is 12.0. The number of ether oxygens (including phenoxy) is 1. The number of carbonyl (C=O) groups is 1. The van der Waals surface area contributed by atoms with Crippen LogP contribution in [0.2, 0.25) is 0 Å². The van der Waals surface area contributed by atoms with E-state index in [2.05, 4.69) is 33.4 Å². The number of nitrogens with zero attached hydrogens (tertiary/aromatic N) is 5. The highest BCUT2D eigenvalue weighted by Gasteiger charge is 2.26. The van der Waals surface area contributed by atoms with Gasteiger partial charge >= 0.3 is 0 Å². The first-order valence-electron chi connectivity index (χ1n) is 8.74. The van der Waals surface area contributed by atoms with Crippen LogP contribution in [0.3, 0.4) is 0 Å². The fourth-order valence-electron chi connectivity index (χ4n) is 3.09. The maximum absolute atomic E-state index is 12.6. The van der Waals surface area contributed by atoms with Crippen LogP contribution < -0.4 is 0 Å². The Bertz CT molecular complexity index is 728. The lowest BCUT2D eigenvalue weighted by Crippen LogP contribution is -2.42. The van der Waals surface area contributed by atoms with Gasteiger partial charge in [0.25, 0.3) is 0 Å². The van der Waals surface area contributed by atoms with Gasteiger partial charge in [0, 0.05) is 44.0 Å². The minimum absolute atomic E-state index is 0.141. The van der Waals surface area contributed by atoms with Crippen molar-refractivity contribution in [3.63, 3.8) is 0 Å². The van der Waals surface area contributed by atoms with E-state index < -0.39 is 0 Å². The quantitative estimate of drug-likeness (QED) is 0.831. The van der Waals surface area contributed by atoms with Gasteiger partial charge in [-0.3, -0.25) is 4.79 Å². The summed E-state index contributed by atoms with van der Waals surface area (Å²) in [7, 11) is 0. The van der Waals surface area contributed by atoms with Crippen LogP contribution in [0.25, 0.3) is 0 Å². The molecule has 1 fully saturated rings. The Hall–Kier alpha value is -2.28. The molecule has 0 radical (unpaired) electrons. The summed E-state index contributed by atoms with van der Waals surface area (Å²) in [5.74, 6) is 2.22. The Labute approximate surface area is 148 Å². The van der Waals surface area contributed by atoms with Gasteiger partial charge in [-0.25, -0.2) is 15.0 Å². The molecule has 0 spiro atoms. The monoisotopic (exact) mass is 343 g/mol. The largest absolute Gasteiger partial charge is 0.368 e. The van der Waals surface area contributed by atoms with E-state index in [0.29, 0.717) is 44.4 Å². The maximum Gasteiger partial charge on any atom is 0.224 e. The molecule has 134 valence electrons. The van der Waals surface area contributed by atoms with Crippen molar-refractivity contribution in [1.82, 2.24) is 24.4 Å². The molecule has 1 amide bonds. The van der Waals surface area contributed by atoms with E-state index in [1.165, 1.54) is 0 Å². The van der Waals surface area contributed by atoms with Crippen molar-refractivity contribution in [2.75, 3.05) is 19.7 Å². The molecule has 2 aromatic heterocycles. The summed E-state index contributed by atoms with van der Waals surface area (Å²) >= 11 is 0. The summed E-state index contributed by atoms with van der Waals surface area (Å²) in [5, 5.41) is 0. The lowest BCUT2D eigenvalue weighted by atomic mass is 10.2. The molecule has 25 heavy (non-hydrogen) atoms. The minimum atomic E-state index is -0.182. The van der Waals surface area contributed by atoms with Crippen LogP contribution in [0, 0.1) is 6.92 Å². The Balaban J connectivity index is 1.59. The highest BCUT2D eigenvalue weighted by Crippen LogP contribution is 2.21. The molecule has 3 rings (SSSR count). The van der Waals surface area contributed by atoms with E-state index in [9.17, 15) is 4.79 Å². The Kier molecular flexibility index (Phi) is 5.43. The van der Waals surface area contributed by atoms with Crippen molar-refractivity contribution in [1.29, 1.82) is 0 Å². The van der Waals surface area contributed by atoms with Gasteiger partial charge in [-0.05, 0) is 13.0 Å². The lowest BCUT2D eigenvalue weighted by Gasteiger charge is -2.32. The molecular weight excluding hydrogens is 318 g/mol. The number of imidazole rings is 1. The van der Waals surface area contributed by atoms with Crippen LogP contribution in [0.5, 0.6) is 0 Å². The summed E-state index contributed by atoms with van der Waals surface area (Å²) in [6.07, 6.45) is 5.75. The molecule has 0 aliphatic carbocycles. The number of carbonyl (C=O) groups excluding carboxylic acids is 1. The van der Waals surface area contributed by atoms with Crippen LogP contribution in [0.4, 0.5) is 0 Å². The van der Waals surface area contributed by atoms with E-state index in [0.717, 1.165) is 11.5 Å². The molecule has 0 aromatic carbocycles. The maximum atomic E-state index is 12.6. The molecule has 0 saturated carbocycles. The molecule has 0 bridgehead atoms. The smallest absolute Gasteiger partial charge is 0.224 e. The molecule has 0 N–H and O–H groups in total. The number of rotatable bonds is 5. The van der Waals surface area contributed by atoms with E-state index in [-0.39, 0.29) is 12.0 Å². The third-order valence-electron chi connectivity index (χ3n) is 4.38. The van der Waals surface area contributed by atoms with Gasteiger partial charge in [0.05, 0.1) is 18.8 Å². The zero-order chi connectivity index (χ0) is 17.8. The normalized spacial score (nSPS) is 17.9. The first-order valence-corrected chi connectivity index (χ1v) is 8.74. The van der Waals surface area contributed by atoms with Crippen molar-refractivity contribution in [3.8, 4) is 0 Å². The van der Waals surface area contributed by atoms with Crippen LogP contribution in [-0.2, 0) is 16.1 Å². The summed E-state index contributed by atoms with van der Waals surface area (Å²) in [6, 6.07) is 1.85. The predicted molar refractivity (Wildman–Crippen MR) is 93.0 cm³/mol. The van der Waals surface area contributed by atoms with Gasteiger partial charge in [0.1, 0.15) is 17.8 Å². The third kappa shape index (κ3) is 4.22. The van der Waals surface area contributed by atoms with E-state index >= 15 is 0 Å². The molecule has 1 atom stereocenters. The summed E-state index contributed by atoms with van der Waals surface area (Å²) < 4.78 is 7.86. The van der Waals surface area contributed by atoms with Crippen LogP contribution in [-0.4, -0.2) is 50.0 Å². The van der Waals surface area contributed by atoms with Crippen LogP contribution >= 0.6 is 0 Å². The predicted octanol–water partition coefficient (Wildman–Crippen LogP) is 2.10. The molecule has 7 heteroatoms. The Morgan fingerprint density at radius 2 is 2.20 bits per heavy atom. The number of morpholine rings is 1. The molecule has 1 saturated heterocycles. The van der Waals surface area contributed by atoms with Crippen LogP contribution in [0.1, 0.15) is 49.6 Å². The zero-order valence-corrected chi connectivity index (χ0v) is 15.1. The summed E-state index contributed by atoms with van der Waals surface area (Å²) in [4.78, 5) is 27.4. The van der Waals surface area contributed by atoms with Gasteiger partial charge in [0.15, 0.2) is 0 Å². The third-order valence-corrected chi connectivity index (χ3v) is 4.38. The van der Waals surface area contributed by atoms with Gasteiger partial charge in [0.2, 0.25) is 5.91 Å². The average Bonchev–Trinajstić information content (AvgIpc) is 3.09. The average molecular weight is 343 g/mol. The lowest BCUT2D eigenvalue weighted by molar-refractivity contribution is -0.139. The Morgan fingerprint density at radius 3 is 2.96 bits per heavy atom. The van der Waals surface area contributed by atoms with E-state index in [4.69, 9.17) is 4.74 Å². The fourth-order valence-corrected chi connectivity index (χ4v) is 3.09. The van der Waals surface area contributed by atoms with Crippen molar-refractivity contribution < 1.29 is 9.53 Å². The topological polar surface area (TPSA) is 73.1 Å². The molecular formula is C18H25N5O2. The number of hydrogen-bond acceptors (Lipinski definition) is 5. The van der Waals surface area contributed by atoms with Crippen molar-refractivity contribution in [2.24, 2.45) is 0 Å². The number of amides is 1. The second-order valence-electron chi connectivity index (χ2n) is 6.61. The molecule has 7 nitrogen and oxygen atoms in total. The first kappa shape index (κ1) is 17.5. The van der Waals surface area contributed by atoms with Gasteiger partial charge < -0.3 is 14.2 Å². The summed E-state index contributed by atoms with van der Waals surface area (Å²) in [5.41, 5.74) is 0.835. The van der Waals surface area contributed by atoms with Gasteiger partial charge in [-0.2, -0.15) is 0 Å². The van der Waals surface area contributed by atoms with E-state index in [1.54, 1.807) is 12.4 Å². The SMILES string of the molecule is Cc1nccc([C@H]2CN(C(=O)CCn3ccnc3C(C)C)CCO2)n1. The van der Waals surface area contributed by atoms with Gasteiger partial charge in [-0.1, -0.05) is 13.8 Å². The standard InChI is InChI=1S/C18H25N5O2/c1-13(2)18-20-7-9-22(18)8-5-17(24)23-10-11-25-16(12-23)15-4-6-19-14(3)21-15/h4,6-7,9,13,16H,5,8,10-12H2,1-3H3/t16-/m1/s1. The van der Waals surface area contributed by atoms with Crippen LogP contribution in [0.15, 0.2) is 24.7 Å². The number of aryl methyl sites for hydroxylation is 2. The zero-order valence-electron chi connectivity index (χ0n) is 15.1. The minimum Gasteiger partial charge on any atom is -0.368 e. The highest BCUT2D eigenvalue weighted by molar-refractivity contribution is 5.76. The molecule has 3 heterocycles. The second-order valence-corrected chi connectivity index (χ2v) is 6.61. The molecule has 0 unspecified atom stereocenters. The molecule has 1 aliphatic heterocycles. The van der Waals surface area contributed by atoms with Crippen molar-refractivity contribution >= 4 is 5.91 Å². The molecule has 2 aromatic rings. The molecule has 1 aliphatic rings. The Morgan fingerprint density at radius 1 is 1.36 bits per heavy atom.